The summed E-state index contributed by atoms with van der Waals surface area (Å²) in [4.78, 5) is 28.6. The maximum absolute atomic E-state index is 14.1. The van der Waals surface area contributed by atoms with Crippen molar-refractivity contribution in [3.8, 4) is 0 Å². The predicted octanol–water partition coefficient (Wildman–Crippen LogP) is 3.56. The minimum absolute atomic E-state index is 0.140. The molecule has 0 N–H and O–H groups in total. The molecule has 8 heteroatoms. The average molecular weight is 335 g/mol. The van der Waals surface area contributed by atoms with Gasteiger partial charge in [0.2, 0.25) is 0 Å². The lowest BCUT2D eigenvalue weighted by molar-refractivity contribution is -0.385. The number of nitrogens with zero attached hydrogens (tertiary/aromatic N) is 3. The first-order chi connectivity index (χ1) is 11.1. The Morgan fingerprint density at radius 3 is 2.91 bits per heavy atom. The lowest BCUT2D eigenvalue weighted by Crippen LogP contribution is -2.38. The van der Waals surface area contributed by atoms with Gasteiger partial charge in [-0.05, 0) is 25.3 Å². The SMILES string of the molecule is O=C(c1ccc([N+](=O)[O-])cc1F)N1CCCC[C@H]1c1nccs1. The van der Waals surface area contributed by atoms with E-state index in [-0.39, 0.29) is 17.3 Å². The number of carbonyl (C=O) groups excluding carboxylic acids is 1. The summed E-state index contributed by atoms with van der Waals surface area (Å²) in [5.74, 6) is -1.31. The van der Waals surface area contributed by atoms with Crippen molar-refractivity contribution in [3.63, 3.8) is 0 Å². The van der Waals surface area contributed by atoms with Gasteiger partial charge in [0, 0.05) is 24.2 Å². The van der Waals surface area contributed by atoms with Crippen LogP contribution in [-0.4, -0.2) is 27.3 Å². The van der Waals surface area contributed by atoms with E-state index in [0.29, 0.717) is 6.54 Å². The highest BCUT2D eigenvalue weighted by Crippen LogP contribution is 2.33. The number of nitro benzene ring substituents is 1. The Hall–Kier alpha value is -2.35. The van der Waals surface area contributed by atoms with Crippen LogP contribution >= 0.6 is 11.3 Å². The van der Waals surface area contributed by atoms with Crippen LogP contribution in [0.4, 0.5) is 10.1 Å². The van der Waals surface area contributed by atoms with Gasteiger partial charge in [-0.25, -0.2) is 9.37 Å². The van der Waals surface area contributed by atoms with Crippen LogP contribution in [-0.2, 0) is 0 Å². The summed E-state index contributed by atoms with van der Waals surface area (Å²) < 4.78 is 14.1. The molecule has 3 rings (SSSR count). The van der Waals surface area contributed by atoms with E-state index in [9.17, 15) is 19.3 Å². The van der Waals surface area contributed by atoms with Crippen LogP contribution in [0.15, 0.2) is 29.8 Å². The molecular weight excluding hydrogens is 321 g/mol. The maximum Gasteiger partial charge on any atom is 0.272 e. The van der Waals surface area contributed by atoms with Crippen molar-refractivity contribution in [1.82, 2.24) is 9.88 Å². The van der Waals surface area contributed by atoms with E-state index in [2.05, 4.69) is 4.98 Å². The van der Waals surface area contributed by atoms with Gasteiger partial charge in [-0.3, -0.25) is 14.9 Å². The van der Waals surface area contributed by atoms with E-state index in [1.165, 1.54) is 17.4 Å². The number of halogens is 1. The minimum Gasteiger partial charge on any atom is -0.329 e. The van der Waals surface area contributed by atoms with E-state index in [1.54, 1.807) is 11.1 Å². The Balaban J connectivity index is 1.90. The number of hydrogen-bond donors (Lipinski definition) is 0. The quantitative estimate of drug-likeness (QED) is 0.635. The van der Waals surface area contributed by atoms with Crippen molar-refractivity contribution in [2.75, 3.05) is 6.54 Å². The first kappa shape index (κ1) is 15.5. The Kier molecular flexibility index (Phi) is 4.33. The molecule has 2 aromatic rings. The second-order valence-corrected chi connectivity index (χ2v) is 6.23. The Morgan fingerprint density at radius 2 is 2.26 bits per heavy atom. The highest BCUT2D eigenvalue weighted by molar-refractivity contribution is 7.09. The number of benzene rings is 1. The number of non-ortho nitro benzene ring substituents is 1. The van der Waals surface area contributed by atoms with Crippen LogP contribution in [0.2, 0.25) is 0 Å². The molecule has 0 bridgehead atoms. The molecule has 0 aliphatic carbocycles. The molecule has 0 spiro atoms. The number of nitro groups is 1. The smallest absolute Gasteiger partial charge is 0.272 e. The van der Waals surface area contributed by atoms with Crippen LogP contribution in [0.1, 0.15) is 40.7 Å². The first-order valence-corrected chi connectivity index (χ1v) is 8.10. The van der Waals surface area contributed by atoms with Crippen molar-refractivity contribution in [2.45, 2.75) is 25.3 Å². The molecule has 120 valence electrons. The fourth-order valence-corrected chi connectivity index (χ4v) is 3.56. The average Bonchev–Trinajstić information content (AvgIpc) is 3.08. The van der Waals surface area contributed by atoms with Crippen LogP contribution in [0.5, 0.6) is 0 Å². The number of hydrogen-bond acceptors (Lipinski definition) is 5. The lowest BCUT2D eigenvalue weighted by Gasteiger charge is -2.34. The second-order valence-electron chi connectivity index (χ2n) is 5.30. The van der Waals surface area contributed by atoms with Gasteiger partial charge in [-0.2, -0.15) is 0 Å². The predicted molar refractivity (Wildman–Crippen MR) is 82.8 cm³/mol. The third kappa shape index (κ3) is 3.07. The third-order valence-electron chi connectivity index (χ3n) is 3.89. The summed E-state index contributed by atoms with van der Waals surface area (Å²) in [6, 6.07) is 2.96. The van der Waals surface area contributed by atoms with Gasteiger partial charge >= 0.3 is 0 Å². The van der Waals surface area contributed by atoms with Gasteiger partial charge < -0.3 is 4.90 Å². The van der Waals surface area contributed by atoms with Crippen molar-refractivity contribution in [1.29, 1.82) is 0 Å². The Bertz CT molecular complexity index is 736. The molecule has 23 heavy (non-hydrogen) atoms. The Labute approximate surface area is 135 Å². The Morgan fingerprint density at radius 1 is 1.43 bits per heavy atom. The summed E-state index contributed by atoms with van der Waals surface area (Å²) in [6.07, 6.45) is 4.30. The number of carbonyl (C=O) groups is 1. The molecule has 1 aliphatic heterocycles. The van der Waals surface area contributed by atoms with E-state index in [4.69, 9.17) is 0 Å². The number of aromatic nitrogens is 1. The van der Waals surface area contributed by atoms with Gasteiger partial charge in [0.1, 0.15) is 10.8 Å². The zero-order valence-electron chi connectivity index (χ0n) is 12.1. The second kappa shape index (κ2) is 6.41. The topological polar surface area (TPSA) is 76.3 Å². The zero-order chi connectivity index (χ0) is 16.4. The van der Waals surface area contributed by atoms with E-state index in [0.717, 1.165) is 36.4 Å². The summed E-state index contributed by atoms with van der Waals surface area (Å²) in [7, 11) is 0. The fraction of sp³-hybridized carbons (Fsp3) is 0.333. The van der Waals surface area contributed by atoms with Gasteiger partial charge in [-0.15, -0.1) is 11.3 Å². The monoisotopic (exact) mass is 335 g/mol. The van der Waals surface area contributed by atoms with E-state index >= 15 is 0 Å². The standard InChI is InChI=1S/C15H14FN3O3S/c16-12-9-10(19(21)22)4-5-11(12)15(20)18-7-2-1-3-13(18)14-17-6-8-23-14/h4-6,8-9,13H,1-3,7H2/t13-/m0/s1. The molecule has 0 unspecified atom stereocenters. The van der Waals surface area contributed by atoms with Crippen LogP contribution in [0, 0.1) is 15.9 Å². The fourth-order valence-electron chi connectivity index (χ4n) is 2.78. The normalized spacial score (nSPS) is 18.0. The molecule has 1 aliphatic rings. The lowest BCUT2D eigenvalue weighted by atomic mass is 10.0. The maximum atomic E-state index is 14.1. The van der Waals surface area contributed by atoms with E-state index < -0.39 is 16.6 Å². The van der Waals surface area contributed by atoms with Crippen molar-refractivity contribution in [3.05, 3.63) is 56.3 Å². The molecule has 0 radical (unpaired) electrons. The molecule has 1 amide bonds. The summed E-state index contributed by atoms with van der Waals surface area (Å²) in [5.41, 5.74) is -0.506. The summed E-state index contributed by atoms with van der Waals surface area (Å²) in [5, 5.41) is 13.4. The molecule has 1 saturated heterocycles. The van der Waals surface area contributed by atoms with Crippen LogP contribution in [0.3, 0.4) is 0 Å². The van der Waals surface area contributed by atoms with Crippen LogP contribution in [0.25, 0.3) is 0 Å². The van der Waals surface area contributed by atoms with Gasteiger partial charge in [0.25, 0.3) is 11.6 Å². The number of rotatable bonds is 3. The zero-order valence-corrected chi connectivity index (χ0v) is 13.0. The molecule has 6 nitrogen and oxygen atoms in total. The highest BCUT2D eigenvalue weighted by Gasteiger charge is 2.31. The van der Waals surface area contributed by atoms with E-state index in [1.807, 2.05) is 5.38 Å². The summed E-state index contributed by atoms with van der Waals surface area (Å²) >= 11 is 1.47. The first-order valence-electron chi connectivity index (χ1n) is 7.22. The molecule has 1 aromatic heterocycles. The largest absolute Gasteiger partial charge is 0.329 e. The number of likely N-dealkylation sites (tertiary alicyclic amines) is 1. The van der Waals surface area contributed by atoms with Gasteiger partial charge in [-0.1, -0.05) is 0 Å². The molecule has 2 heterocycles. The molecular formula is C15H14FN3O3S. The van der Waals surface area contributed by atoms with Crippen LogP contribution < -0.4 is 0 Å². The molecule has 1 aromatic carbocycles. The number of thiazole rings is 1. The molecule has 0 saturated carbocycles. The van der Waals surface area contributed by atoms with Crippen molar-refractivity contribution >= 4 is 22.9 Å². The number of amides is 1. The van der Waals surface area contributed by atoms with Crippen molar-refractivity contribution in [2.24, 2.45) is 0 Å². The van der Waals surface area contributed by atoms with Gasteiger partial charge in [0.15, 0.2) is 0 Å². The highest BCUT2D eigenvalue weighted by atomic mass is 32.1. The summed E-state index contributed by atoms with van der Waals surface area (Å²) in [6.45, 7) is 0.527. The number of piperidine rings is 1. The third-order valence-corrected chi connectivity index (χ3v) is 4.77. The minimum atomic E-state index is -0.868. The van der Waals surface area contributed by atoms with Gasteiger partial charge in [0.05, 0.1) is 22.6 Å². The molecule has 1 atom stereocenters. The van der Waals surface area contributed by atoms with Crippen molar-refractivity contribution < 1.29 is 14.1 Å². The molecule has 1 fully saturated rings.